The van der Waals surface area contributed by atoms with Gasteiger partial charge in [-0.1, -0.05) is 0 Å². The smallest absolute Gasteiger partial charge is 0.244 e. The molecule has 3 rings (SSSR count). The third-order valence-corrected chi connectivity index (χ3v) is 3.81. The minimum Gasteiger partial charge on any atom is -0.284 e. The van der Waals surface area contributed by atoms with Gasteiger partial charge >= 0.3 is 0 Å². The quantitative estimate of drug-likeness (QED) is 0.705. The molecule has 0 aliphatic heterocycles. The van der Waals surface area contributed by atoms with Gasteiger partial charge in [-0.2, -0.15) is 0 Å². The first-order valence-electron chi connectivity index (χ1n) is 5.34. The lowest BCUT2D eigenvalue weighted by Crippen LogP contribution is -1.88. The third-order valence-electron chi connectivity index (χ3n) is 2.71. The van der Waals surface area contributed by atoms with E-state index < -0.39 is 0 Å². The highest BCUT2D eigenvalue weighted by Gasteiger charge is 2.11. The zero-order chi connectivity index (χ0) is 12.5. The average molecular weight is 254 g/mol. The summed E-state index contributed by atoms with van der Waals surface area (Å²) in [6, 6.07) is 3.74. The predicted octanol–water partition coefficient (Wildman–Crippen LogP) is 2.52. The summed E-state index contributed by atoms with van der Waals surface area (Å²) < 4.78 is 0. The molecular formula is C13H8N3OS. The summed E-state index contributed by atoms with van der Waals surface area (Å²) in [7, 11) is 0. The molecule has 87 valence electrons. The Morgan fingerprint density at radius 1 is 1.33 bits per heavy atom. The van der Waals surface area contributed by atoms with E-state index in [1.54, 1.807) is 18.6 Å². The molecule has 3 aromatic heterocycles. The molecule has 0 atom stereocenters. The summed E-state index contributed by atoms with van der Waals surface area (Å²) in [5.74, 6) is 0.620. The summed E-state index contributed by atoms with van der Waals surface area (Å²) in [4.78, 5) is 25.0. The van der Waals surface area contributed by atoms with E-state index in [1.807, 2.05) is 25.3 Å². The zero-order valence-electron chi connectivity index (χ0n) is 9.54. The maximum atomic E-state index is 10.8. The normalized spacial score (nSPS) is 10.7. The van der Waals surface area contributed by atoms with Gasteiger partial charge in [0.15, 0.2) is 5.82 Å². The van der Waals surface area contributed by atoms with Crippen LogP contribution in [0.3, 0.4) is 0 Å². The lowest BCUT2D eigenvalue weighted by Gasteiger charge is -1.98. The number of hydrogen-bond donors (Lipinski definition) is 0. The number of thiophene rings is 1. The number of nitrogens with zero attached hydrogens (tertiary/aromatic N) is 3. The van der Waals surface area contributed by atoms with Crippen molar-refractivity contribution in [2.75, 3.05) is 0 Å². The standard InChI is InChI=1S/C13H8N3OS/c1-8-10-6-15-12(9-3-2-4-14-5-9)16-13(10)18-11(8)7-17/h2-6H,1H3. The van der Waals surface area contributed by atoms with E-state index in [4.69, 9.17) is 0 Å². The molecule has 0 unspecified atom stereocenters. The molecule has 18 heavy (non-hydrogen) atoms. The summed E-state index contributed by atoms with van der Waals surface area (Å²) in [5, 5.41) is 0.908. The van der Waals surface area contributed by atoms with E-state index in [1.165, 1.54) is 11.3 Å². The molecule has 5 heteroatoms. The molecule has 0 fully saturated rings. The van der Waals surface area contributed by atoms with Crippen LogP contribution in [0.2, 0.25) is 0 Å². The van der Waals surface area contributed by atoms with Gasteiger partial charge in [0.1, 0.15) is 4.83 Å². The summed E-state index contributed by atoms with van der Waals surface area (Å²) >= 11 is 1.34. The van der Waals surface area contributed by atoms with Crippen LogP contribution >= 0.6 is 11.3 Å². The van der Waals surface area contributed by atoms with Gasteiger partial charge in [0.2, 0.25) is 6.29 Å². The Labute approximate surface area is 107 Å². The van der Waals surface area contributed by atoms with Crippen molar-refractivity contribution in [2.24, 2.45) is 0 Å². The van der Waals surface area contributed by atoms with Crippen LogP contribution in [0.1, 0.15) is 10.4 Å². The molecule has 4 nitrogen and oxygen atoms in total. The Morgan fingerprint density at radius 3 is 2.94 bits per heavy atom. The van der Waals surface area contributed by atoms with E-state index in [0.717, 1.165) is 21.3 Å². The van der Waals surface area contributed by atoms with Crippen molar-refractivity contribution in [3.05, 3.63) is 41.2 Å². The van der Waals surface area contributed by atoms with Crippen molar-refractivity contribution in [1.29, 1.82) is 0 Å². The van der Waals surface area contributed by atoms with Gasteiger partial charge in [-0.15, -0.1) is 11.3 Å². The zero-order valence-corrected chi connectivity index (χ0v) is 10.4. The molecule has 0 aliphatic rings. The van der Waals surface area contributed by atoms with Crippen molar-refractivity contribution in [2.45, 2.75) is 6.92 Å². The van der Waals surface area contributed by atoms with Crippen LogP contribution in [0.15, 0.2) is 30.7 Å². The minimum atomic E-state index is 0.586. The summed E-state index contributed by atoms with van der Waals surface area (Å²) in [6.07, 6.45) is 7.10. The number of pyridine rings is 1. The molecule has 0 N–H and O–H groups in total. The van der Waals surface area contributed by atoms with E-state index >= 15 is 0 Å². The third kappa shape index (κ3) is 1.69. The van der Waals surface area contributed by atoms with Crippen molar-refractivity contribution < 1.29 is 4.79 Å². The number of aryl methyl sites for hydroxylation is 1. The van der Waals surface area contributed by atoms with Gasteiger partial charge in [-0.05, 0) is 24.6 Å². The van der Waals surface area contributed by atoms with Crippen LogP contribution in [0.4, 0.5) is 0 Å². The van der Waals surface area contributed by atoms with E-state index in [9.17, 15) is 4.79 Å². The van der Waals surface area contributed by atoms with Gasteiger partial charge in [-0.3, -0.25) is 9.78 Å². The number of rotatable bonds is 2. The first kappa shape index (κ1) is 11.0. The van der Waals surface area contributed by atoms with Crippen LogP contribution in [-0.2, 0) is 4.79 Å². The van der Waals surface area contributed by atoms with Crippen LogP contribution in [0.25, 0.3) is 21.6 Å². The molecule has 3 heterocycles. The highest BCUT2D eigenvalue weighted by Crippen LogP contribution is 2.28. The number of hydrogen-bond acceptors (Lipinski definition) is 5. The first-order valence-corrected chi connectivity index (χ1v) is 6.16. The fraction of sp³-hybridized carbons (Fsp3) is 0.0769. The largest absolute Gasteiger partial charge is 0.284 e. The summed E-state index contributed by atoms with van der Waals surface area (Å²) in [6.45, 7) is 1.88. The number of carbonyl (C=O) groups excluding carboxylic acids is 1. The predicted molar refractivity (Wildman–Crippen MR) is 70.2 cm³/mol. The Hall–Kier alpha value is -2.14. The minimum absolute atomic E-state index is 0.586. The van der Waals surface area contributed by atoms with Crippen molar-refractivity contribution in [3.63, 3.8) is 0 Å². The van der Waals surface area contributed by atoms with E-state index in [-0.39, 0.29) is 0 Å². The van der Waals surface area contributed by atoms with Crippen LogP contribution in [0.5, 0.6) is 0 Å². The van der Waals surface area contributed by atoms with Gasteiger partial charge in [0.05, 0.1) is 4.88 Å². The monoisotopic (exact) mass is 254 g/mol. The molecule has 0 aromatic carbocycles. The van der Waals surface area contributed by atoms with Gasteiger partial charge in [0, 0.05) is 29.5 Å². The van der Waals surface area contributed by atoms with Crippen molar-refractivity contribution >= 4 is 27.8 Å². The molecule has 0 spiro atoms. The summed E-state index contributed by atoms with van der Waals surface area (Å²) in [5.41, 5.74) is 1.75. The van der Waals surface area contributed by atoms with Gasteiger partial charge in [0.25, 0.3) is 0 Å². The average Bonchev–Trinajstić information content (AvgIpc) is 2.76. The maximum Gasteiger partial charge on any atom is 0.244 e. The Morgan fingerprint density at radius 2 is 2.22 bits per heavy atom. The number of aromatic nitrogens is 3. The van der Waals surface area contributed by atoms with Gasteiger partial charge < -0.3 is 0 Å². The highest BCUT2D eigenvalue weighted by atomic mass is 32.1. The second kappa shape index (κ2) is 4.27. The van der Waals surface area contributed by atoms with E-state index in [0.29, 0.717) is 10.7 Å². The van der Waals surface area contributed by atoms with Gasteiger partial charge in [-0.25, -0.2) is 9.97 Å². The maximum absolute atomic E-state index is 10.8. The fourth-order valence-electron chi connectivity index (χ4n) is 1.73. The van der Waals surface area contributed by atoms with Crippen LogP contribution in [0, 0.1) is 6.92 Å². The molecule has 1 radical (unpaired) electrons. The number of fused-ring (bicyclic) bond motifs is 1. The Balaban J connectivity index is 2.20. The second-order valence-corrected chi connectivity index (χ2v) is 4.81. The Bertz CT molecular complexity index is 722. The molecule has 0 aliphatic carbocycles. The van der Waals surface area contributed by atoms with Crippen molar-refractivity contribution in [3.8, 4) is 11.4 Å². The molecule has 0 amide bonds. The van der Waals surface area contributed by atoms with Crippen LogP contribution in [-0.4, -0.2) is 21.2 Å². The molecule has 0 saturated heterocycles. The topological polar surface area (TPSA) is 55.7 Å². The first-order chi connectivity index (χ1) is 8.79. The van der Waals surface area contributed by atoms with E-state index in [2.05, 4.69) is 15.0 Å². The molecule has 0 bridgehead atoms. The SMILES string of the molecule is Cc1c([C]=O)sc2nc(-c3cccnc3)ncc12. The fourth-order valence-corrected chi connectivity index (χ4v) is 2.67. The molecule has 0 saturated carbocycles. The lowest BCUT2D eigenvalue weighted by molar-refractivity contribution is 0.563. The van der Waals surface area contributed by atoms with Crippen LogP contribution < -0.4 is 0 Å². The van der Waals surface area contributed by atoms with Crippen molar-refractivity contribution in [1.82, 2.24) is 15.0 Å². The second-order valence-electron chi connectivity index (χ2n) is 3.81. The molecule has 3 aromatic rings. The Kier molecular flexibility index (Phi) is 2.60. The highest BCUT2D eigenvalue weighted by molar-refractivity contribution is 7.20. The molecular weight excluding hydrogens is 246 g/mol. The lowest BCUT2D eigenvalue weighted by atomic mass is 10.2.